The lowest BCUT2D eigenvalue weighted by molar-refractivity contribution is -0.391. The molecular formula is C26H56O5. The number of hydrogen-bond donors (Lipinski definition) is 0. The van der Waals surface area contributed by atoms with E-state index in [0.717, 1.165) is 26.1 Å². The summed E-state index contributed by atoms with van der Waals surface area (Å²) in [4.78, 5) is 0. The quantitative estimate of drug-likeness (QED) is 0.127. The van der Waals surface area contributed by atoms with Gasteiger partial charge in [0.25, 0.3) is 0 Å². The molecule has 190 valence electrons. The highest BCUT2D eigenvalue weighted by atomic mass is 16.9. The van der Waals surface area contributed by atoms with E-state index in [2.05, 4.69) is 20.8 Å². The van der Waals surface area contributed by atoms with E-state index in [1.54, 1.807) is 28.4 Å². The fourth-order valence-corrected chi connectivity index (χ4v) is 3.68. The first-order valence-electron chi connectivity index (χ1n) is 12.9. The minimum atomic E-state index is -1.09. The molecule has 0 aromatic rings. The van der Waals surface area contributed by atoms with Crippen LogP contribution in [-0.2, 0) is 23.7 Å². The van der Waals surface area contributed by atoms with Crippen LogP contribution in [0.1, 0.15) is 117 Å². The van der Waals surface area contributed by atoms with Crippen LogP contribution in [0, 0.1) is 0 Å². The molecular weight excluding hydrogens is 392 g/mol. The Hall–Kier alpha value is -0.200. The van der Waals surface area contributed by atoms with E-state index in [-0.39, 0.29) is 6.10 Å². The first-order chi connectivity index (χ1) is 15.1. The zero-order chi connectivity index (χ0) is 23.6. The van der Waals surface area contributed by atoms with Gasteiger partial charge in [-0.15, -0.1) is 0 Å². The van der Waals surface area contributed by atoms with Gasteiger partial charge in [0.15, 0.2) is 0 Å². The second-order valence-corrected chi connectivity index (χ2v) is 8.17. The third-order valence-corrected chi connectivity index (χ3v) is 5.70. The molecule has 5 heteroatoms. The maximum absolute atomic E-state index is 5.44. The molecule has 0 N–H and O–H groups in total. The molecule has 0 aliphatic heterocycles. The van der Waals surface area contributed by atoms with Crippen LogP contribution >= 0.6 is 0 Å². The van der Waals surface area contributed by atoms with Crippen LogP contribution < -0.4 is 0 Å². The van der Waals surface area contributed by atoms with E-state index in [1.807, 2.05) is 0 Å². The van der Waals surface area contributed by atoms with Crippen molar-refractivity contribution in [2.24, 2.45) is 0 Å². The molecule has 0 saturated carbocycles. The van der Waals surface area contributed by atoms with E-state index in [4.69, 9.17) is 23.7 Å². The van der Waals surface area contributed by atoms with Gasteiger partial charge in [-0.2, -0.15) is 0 Å². The molecule has 0 aromatic carbocycles. The van der Waals surface area contributed by atoms with E-state index in [9.17, 15) is 0 Å². The molecule has 0 saturated heterocycles. The third kappa shape index (κ3) is 19.0. The summed E-state index contributed by atoms with van der Waals surface area (Å²) in [6, 6.07) is 0. The SMILES string of the molecule is CCCCCCCCC(OC)C(OC)(OC)OC.CCCCCCCCCCOCC. The number of methoxy groups -OCH3 is 4. The molecule has 0 aliphatic carbocycles. The summed E-state index contributed by atoms with van der Waals surface area (Å²) in [5.74, 6) is -1.09. The average Bonchev–Trinajstić information content (AvgIpc) is 2.80. The molecule has 5 nitrogen and oxygen atoms in total. The van der Waals surface area contributed by atoms with E-state index >= 15 is 0 Å². The number of rotatable bonds is 22. The van der Waals surface area contributed by atoms with Gasteiger partial charge < -0.3 is 23.7 Å². The highest BCUT2D eigenvalue weighted by Gasteiger charge is 2.40. The molecule has 0 radical (unpaired) electrons. The molecule has 31 heavy (non-hydrogen) atoms. The molecule has 0 fully saturated rings. The van der Waals surface area contributed by atoms with Gasteiger partial charge in [-0.3, -0.25) is 0 Å². The van der Waals surface area contributed by atoms with Gasteiger partial charge in [0, 0.05) is 41.7 Å². The van der Waals surface area contributed by atoms with Crippen LogP contribution in [0.15, 0.2) is 0 Å². The van der Waals surface area contributed by atoms with Crippen molar-refractivity contribution in [1.29, 1.82) is 0 Å². The maximum atomic E-state index is 5.44. The van der Waals surface area contributed by atoms with Crippen molar-refractivity contribution >= 4 is 0 Å². The molecule has 0 aliphatic rings. The Bertz CT molecular complexity index is 303. The number of unbranched alkanes of at least 4 members (excludes halogenated alkanes) is 12. The third-order valence-electron chi connectivity index (χ3n) is 5.70. The van der Waals surface area contributed by atoms with Crippen molar-refractivity contribution in [2.45, 2.75) is 129 Å². The van der Waals surface area contributed by atoms with Crippen LogP contribution in [-0.4, -0.2) is 53.7 Å². The lowest BCUT2D eigenvalue weighted by Gasteiger charge is -2.35. The van der Waals surface area contributed by atoms with Crippen molar-refractivity contribution < 1.29 is 23.7 Å². The highest BCUT2D eigenvalue weighted by Crippen LogP contribution is 2.24. The Morgan fingerprint density at radius 3 is 1.35 bits per heavy atom. The van der Waals surface area contributed by atoms with Gasteiger partial charge in [0.1, 0.15) is 6.10 Å². The summed E-state index contributed by atoms with van der Waals surface area (Å²) in [7, 11) is 6.37. The summed E-state index contributed by atoms with van der Waals surface area (Å²) in [6.07, 6.45) is 19.2. The number of ether oxygens (including phenoxy) is 5. The largest absolute Gasteiger partial charge is 0.382 e. The Morgan fingerprint density at radius 1 is 0.548 bits per heavy atom. The second-order valence-electron chi connectivity index (χ2n) is 8.17. The van der Waals surface area contributed by atoms with Crippen LogP contribution in [0.25, 0.3) is 0 Å². The highest BCUT2D eigenvalue weighted by molar-refractivity contribution is 4.71. The lowest BCUT2D eigenvalue weighted by atomic mass is 10.1. The minimum absolute atomic E-state index is 0.205. The van der Waals surface area contributed by atoms with Crippen LogP contribution in [0.2, 0.25) is 0 Å². The van der Waals surface area contributed by atoms with Gasteiger partial charge in [-0.1, -0.05) is 97.3 Å². The topological polar surface area (TPSA) is 46.2 Å². The summed E-state index contributed by atoms with van der Waals surface area (Å²) < 4.78 is 26.7. The van der Waals surface area contributed by atoms with Crippen molar-refractivity contribution in [3.05, 3.63) is 0 Å². The van der Waals surface area contributed by atoms with Gasteiger partial charge in [-0.25, -0.2) is 0 Å². The Kier molecular flexibility index (Phi) is 27.7. The van der Waals surface area contributed by atoms with E-state index in [0.29, 0.717) is 0 Å². The van der Waals surface area contributed by atoms with E-state index < -0.39 is 5.97 Å². The van der Waals surface area contributed by atoms with Crippen molar-refractivity contribution in [2.75, 3.05) is 41.7 Å². The monoisotopic (exact) mass is 448 g/mol. The van der Waals surface area contributed by atoms with E-state index in [1.165, 1.54) is 83.5 Å². The summed E-state index contributed by atoms with van der Waals surface area (Å²) >= 11 is 0. The first-order valence-corrected chi connectivity index (χ1v) is 12.9. The normalized spacial score (nSPS) is 12.5. The van der Waals surface area contributed by atoms with Crippen molar-refractivity contribution in [1.82, 2.24) is 0 Å². The molecule has 1 atom stereocenters. The molecule has 0 aromatic heterocycles. The summed E-state index contributed by atoms with van der Waals surface area (Å²) in [6.45, 7) is 8.39. The van der Waals surface area contributed by atoms with Gasteiger partial charge in [0.2, 0.25) is 0 Å². The molecule has 0 spiro atoms. The maximum Gasteiger partial charge on any atom is 0.310 e. The van der Waals surface area contributed by atoms with Crippen LogP contribution in [0.3, 0.4) is 0 Å². The molecule has 0 amide bonds. The average molecular weight is 449 g/mol. The van der Waals surface area contributed by atoms with Crippen LogP contribution in [0.4, 0.5) is 0 Å². The Balaban J connectivity index is 0. The Labute approximate surface area is 194 Å². The van der Waals surface area contributed by atoms with Gasteiger partial charge in [0.05, 0.1) is 0 Å². The number of hydrogen-bond acceptors (Lipinski definition) is 5. The van der Waals surface area contributed by atoms with Crippen LogP contribution in [0.5, 0.6) is 0 Å². The summed E-state index contributed by atoms with van der Waals surface area (Å²) in [5.41, 5.74) is 0. The van der Waals surface area contributed by atoms with Gasteiger partial charge >= 0.3 is 5.97 Å². The molecule has 0 bridgehead atoms. The summed E-state index contributed by atoms with van der Waals surface area (Å²) in [5, 5.41) is 0. The fourth-order valence-electron chi connectivity index (χ4n) is 3.68. The van der Waals surface area contributed by atoms with Gasteiger partial charge in [-0.05, 0) is 19.8 Å². The lowest BCUT2D eigenvalue weighted by Crippen LogP contribution is -2.48. The van der Waals surface area contributed by atoms with Crippen molar-refractivity contribution in [3.63, 3.8) is 0 Å². The molecule has 0 heterocycles. The fraction of sp³-hybridized carbons (Fsp3) is 1.00. The smallest absolute Gasteiger partial charge is 0.310 e. The second kappa shape index (κ2) is 26.1. The zero-order valence-electron chi connectivity index (χ0n) is 22.1. The molecule has 1 unspecified atom stereocenters. The zero-order valence-corrected chi connectivity index (χ0v) is 22.1. The predicted molar refractivity (Wildman–Crippen MR) is 132 cm³/mol. The standard InChI is InChI=1S/C14H30O4.C12H26O/c1-6-7-8-9-10-11-12-13(15-2)14(16-3,17-4)18-5;1-3-5-6-7-8-9-10-11-12-13-4-2/h13H,6-12H2,1-5H3;3-12H2,1-2H3. The first kappa shape index (κ1) is 33.0. The minimum Gasteiger partial charge on any atom is -0.382 e. The molecule has 0 rings (SSSR count). The van der Waals surface area contributed by atoms with Crippen molar-refractivity contribution in [3.8, 4) is 0 Å². The predicted octanol–water partition coefficient (Wildman–Crippen LogP) is 7.51. The Morgan fingerprint density at radius 2 is 0.968 bits per heavy atom.